The SMILES string of the molecule is COc1ccc(/C=C/C(=O)O[C@@H]2CC[C@@]3(C)C(CC[C@]4(C)C3C(=O)C=C3C5[C@@H](C)[C@H](C)CC[C@]5(C)CC[C@]34C)[C@@]2(C)C(=O)O)cc1CO. The van der Waals surface area contributed by atoms with Crippen molar-refractivity contribution in [3.63, 3.8) is 0 Å². The predicted molar refractivity (Wildman–Crippen MR) is 185 cm³/mol. The number of rotatable bonds is 6. The van der Waals surface area contributed by atoms with Crippen LogP contribution in [0.4, 0.5) is 0 Å². The van der Waals surface area contributed by atoms with Gasteiger partial charge in [0.15, 0.2) is 5.78 Å². The highest BCUT2D eigenvalue weighted by Crippen LogP contribution is 2.75. The number of carbonyl (C=O) groups is 3. The molecular weight excluding hydrogens is 604 g/mol. The molecule has 48 heavy (non-hydrogen) atoms. The van der Waals surface area contributed by atoms with E-state index in [-0.39, 0.29) is 40.5 Å². The number of carbonyl (C=O) groups excluding carboxylic acids is 2. The Labute approximate surface area is 286 Å². The lowest BCUT2D eigenvalue weighted by atomic mass is 9.33. The Hall–Kier alpha value is -2.93. The van der Waals surface area contributed by atoms with E-state index in [1.165, 1.54) is 31.6 Å². The molecule has 0 bridgehead atoms. The van der Waals surface area contributed by atoms with Crippen LogP contribution in [0, 0.1) is 56.7 Å². The van der Waals surface area contributed by atoms with Gasteiger partial charge in [-0.3, -0.25) is 9.59 Å². The lowest BCUT2D eigenvalue weighted by Gasteiger charge is -2.70. The molecule has 7 nitrogen and oxygen atoms in total. The molecule has 6 rings (SSSR count). The standard InChI is InChI=1S/C41H56O7/c1-24-13-16-37(3)19-20-39(5)28(34(37)25(24)2)22-29(43)35-38(4)17-15-32(41(7,36(45)46)31(38)14-18-40(35,39)6)48-33(44)12-10-26-9-11-30(47-8)27(21-26)23-42/h9-12,21-22,24-25,31-32,34-35,42H,13-20,23H2,1-8H3,(H,45,46)/b12-10+/t24-,25+,31?,32-,34?,35?,37-,38+,39-,40-,41-/m1/s1. The van der Waals surface area contributed by atoms with Gasteiger partial charge >= 0.3 is 11.9 Å². The first-order valence-electron chi connectivity index (χ1n) is 18.2. The van der Waals surface area contributed by atoms with Gasteiger partial charge in [-0.25, -0.2) is 4.79 Å². The van der Waals surface area contributed by atoms with E-state index in [0.717, 1.165) is 19.3 Å². The van der Waals surface area contributed by atoms with Crippen molar-refractivity contribution in [1.29, 1.82) is 0 Å². The zero-order chi connectivity index (χ0) is 35.0. The maximum absolute atomic E-state index is 14.7. The first-order valence-corrected chi connectivity index (χ1v) is 18.2. The third-order valence-corrected chi connectivity index (χ3v) is 15.3. The van der Waals surface area contributed by atoms with Crippen LogP contribution in [0.25, 0.3) is 6.08 Å². The fourth-order valence-corrected chi connectivity index (χ4v) is 12.2. The van der Waals surface area contributed by atoms with Crippen molar-refractivity contribution in [2.75, 3.05) is 7.11 Å². The summed E-state index contributed by atoms with van der Waals surface area (Å²) in [5.41, 5.74) is 0.591. The van der Waals surface area contributed by atoms with Crippen LogP contribution in [0.15, 0.2) is 35.9 Å². The van der Waals surface area contributed by atoms with Gasteiger partial charge in [0, 0.05) is 17.6 Å². The zero-order valence-electron chi connectivity index (χ0n) is 30.2. The number of methoxy groups -OCH3 is 1. The molecule has 3 unspecified atom stereocenters. The Morgan fingerprint density at radius 3 is 2.38 bits per heavy atom. The van der Waals surface area contributed by atoms with E-state index in [2.05, 4.69) is 41.5 Å². The fourth-order valence-electron chi connectivity index (χ4n) is 12.2. The highest BCUT2D eigenvalue weighted by molar-refractivity contribution is 5.96. The number of esters is 1. The van der Waals surface area contributed by atoms with Crippen LogP contribution < -0.4 is 4.74 Å². The second-order valence-corrected chi connectivity index (χ2v) is 17.4. The summed E-state index contributed by atoms with van der Waals surface area (Å²) in [6.07, 6.45) is 11.3. The maximum Gasteiger partial charge on any atom is 0.331 e. The van der Waals surface area contributed by atoms with E-state index in [9.17, 15) is 24.6 Å². The highest BCUT2D eigenvalue weighted by atomic mass is 16.5. The number of carboxylic acid groups (broad SMARTS) is 1. The third kappa shape index (κ3) is 4.87. The molecule has 4 saturated carbocycles. The maximum atomic E-state index is 14.7. The van der Waals surface area contributed by atoms with Crippen molar-refractivity contribution in [2.24, 2.45) is 56.7 Å². The number of ketones is 1. The minimum absolute atomic E-state index is 0.125. The number of ether oxygens (including phenoxy) is 2. The average Bonchev–Trinajstić information content (AvgIpc) is 3.04. The fraction of sp³-hybridized carbons (Fsp3) is 0.683. The number of aliphatic hydroxyl groups excluding tert-OH is 1. The monoisotopic (exact) mass is 660 g/mol. The van der Waals surface area contributed by atoms with E-state index >= 15 is 0 Å². The molecule has 5 aliphatic rings. The lowest BCUT2D eigenvalue weighted by Crippen LogP contribution is -2.68. The topological polar surface area (TPSA) is 110 Å². The van der Waals surface area contributed by atoms with Gasteiger partial charge in [0.1, 0.15) is 17.3 Å². The van der Waals surface area contributed by atoms with Crippen LogP contribution in [0.5, 0.6) is 5.75 Å². The molecule has 262 valence electrons. The van der Waals surface area contributed by atoms with Crippen molar-refractivity contribution in [3.05, 3.63) is 47.1 Å². The highest BCUT2D eigenvalue weighted by Gasteiger charge is 2.72. The molecule has 0 aliphatic heterocycles. The molecule has 0 heterocycles. The van der Waals surface area contributed by atoms with Crippen LogP contribution in [0.2, 0.25) is 0 Å². The summed E-state index contributed by atoms with van der Waals surface area (Å²) in [5.74, 6) is 0.0831. The normalized spacial score (nSPS) is 43.7. The molecular formula is C41H56O7. The van der Waals surface area contributed by atoms with Crippen LogP contribution >= 0.6 is 0 Å². The molecule has 0 amide bonds. The van der Waals surface area contributed by atoms with Crippen LogP contribution in [-0.4, -0.2) is 41.1 Å². The van der Waals surface area contributed by atoms with Gasteiger partial charge in [0.2, 0.25) is 0 Å². The van der Waals surface area contributed by atoms with Crippen molar-refractivity contribution in [1.82, 2.24) is 0 Å². The summed E-state index contributed by atoms with van der Waals surface area (Å²) in [7, 11) is 1.53. The quantitative estimate of drug-likeness (QED) is 0.235. The van der Waals surface area contributed by atoms with Crippen LogP contribution in [-0.2, 0) is 25.7 Å². The van der Waals surface area contributed by atoms with Gasteiger partial charge < -0.3 is 19.7 Å². The van der Waals surface area contributed by atoms with Crippen molar-refractivity contribution < 1.29 is 34.1 Å². The number of hydrogen-bond acceptors (Lipinski definition) is 6. The summed E-state index contributed by atoms with van der Waals surface area (Å²) in [6, 6.07) is 5.24. The van der Waals surface area contributed by atoms with Gasteiger partial charge in [-0.1, -0.05) is 53.2 Å². The smallest absolute Gasteiger partial charge is 0.331 e. The molecule has 11 atom stereocenters. The van der Waals surface area contributed by atoms with Crippen LogP contribution in [0.1, 0.15) is 111 Å². The van der Waals surface area contributed by atoms with Gasteiger partial charge in [-0.05, 0) is 133 Å². The van der Waals surface area contributed by atoms with Gasteiger partial charge in [-0.2, -0.15) is 0 Å². The van der Waals surface area contributed by atoms with E-state index < -0.39 is 28.9 Å². The Bertz CT molecular complexity index is 1560. The van der Waals surface area contributed by atoms with Gasteiger partial charge in [-0.15, -0.1) is 0 Å². The molecule has 0 saturated heterocycles. The molecule has 7 heteroatoms. The second kappa shape index (κ2) is 11.8. The zero-order valence-corrected chi connectivity index (χ0v) is 30.2. The molecule has 0 radical (unpaired) electrons. The molecule has 1 aromatic rings. The van der Waals surface area contributed by atoms with Crippen molar-refractivity contribution in [2.45, 2.75) is 113 Å². The van der Waals surface area contributed by atoms with Gasteiger partial charge in [0.25, 0.3) is 0 Å². The number of allylic oxidation sites excluding steroid dienone is 2. The van der Waals surface area contributed by atoms with E-state index in [4.69, 9.17) is 9.47 Å². The first kappa shape index (κ1) is 34.9. The average molecular weight is 661 g/mol. The van der Waals surface area contributed by atoms with E-state index in [0.29, 0.717) is 53.9 Å². The third-order valence-electron chi connectivity index (χ3n) is 15.3. The molecule has 0 aromatic heterocycles. The molecule has 5 aliphatic carbocycles. The molecule has 2 N–H and O–H groups in total. The second-order valence-electron chi connectivity index (χ2n) is 17.4. The summed E-state index contributed by atoms with van der Waals surface area (Å²) in [5, 5.41) is 20.6. The summed E-state index contributed by atoms with van der Waals surface area (Å²) in [6.45, 7) is 15.7. The molecule has 1 aromatic carbocycles. The lowest BCUT2D eigenvalue weighted by molar-refractivity contribution is -0.220. The number of carboxylic acids is 1. The Morgan fingerprint density at radius 1 is 0.979 bits per heavy atom. The van der Waals surface area contributed by atoms with Gasteiger partial charge in [0.05, 0.1) is 13.7 Å². The van der Waals surface area contributed by atoms with E-state index in [1.54, 1.807) is 31.2 Å². The predicted octanol–water partition coefficient (Wildman–Crippen LogP) is 8.03. The molecule has 4 fully saturated rings. The number of fused-ring (bicyclic) bond motifs is 7. The van der Waals surface area contributed by atoms with Crippen molar-refractivity contribution in [3.8, 4) is 5.75 Å². The number of aliphatic hydroxyl groups is 1. The van der Waals surface area contributed by atoms with Crippen molar-refractivity contribution >= 4 is 23.8 Å². The van der Waals surface area contributed by atoms with E-state index in [1.807, 2.05) is 6.08 Å². The minimum atomic E-state index is -1.34. The Morgan fingerprint density at radius 2 is 1.71 bits per heavy atom. The minimum Gasteiger partial charge on any atom is -0.496 e. The first-order chi connectivity index (χ1) is 22.5. The van der Waals surface area contributed by atoms with Crippen LogP contribution in [0.3, 0.4) is 0 Å². The number of hydrogen-bond donors (Lipinski definition) is 2. The summed E-state index contributed by atoms with van der Waals surface area (Å²) >= 11 is 0. The summed E-state index contributed by atoms with van der Waals surface area (Å²) < 4.78 is 11.3. The Kier molecular flexibility index (Phi) is 8.62. The number of aliphatic carboxylic acids is 1. The largest absolute Gasteiger partial charge is 0.496 e. The number of benzene rings is 1. The molecule has 0 spiro atoms. The summed E-state index contributed by atoms with van der Waals surface area (Å²) in [4.78, 5) is 41.2. The Balaban J connectivity index is 1.30.